The molecule has 3 rings (SSSR count). The van der Waals surface area contributed by atoms with E-state index in [4.69, 9.17) is 4.74 Å². The Balaban J connectivity index is 1.70. The van der Waals surface area contributed by atoms with Crippen LogP contribution in [0.5, 0.6) is 0 Å². The van der Waals surface area contributed by atoms with E-state index < -0.39 is 11.4 Å². The summed E-state index contributed by atoms with van der Waals surface area (Å²) in [4.78, 5) is 22.7. The van der Waals surface area contributed by atoms with E-state index in [1.807, 2.05) is 30.3 Å². The van der Waals surface area contributed by atoms with E-state index >= 15 is 0 Å². The molecule has 0 spiro atoms. The lowest BCUT2D eigenvalue weighted by Crippen LogP contribution is -2.47. The van der Waals surface area contributed by atoms with Gasteiger partial charge in [0.05, 0.1) is 30.1 Å². The third-order valence-electron chi connectivity index (χ3n) is 4.63. The fraction of sp³-hybridized carbons (Fsp3) is 0.389. The van der Waals surface area contributed by atoms with Gasteiger partial charge in [-0.3, -0.25) is 9.78 Å². The molecule has 1 aliphatic heterocycles. The number of carboxylic acids is 1. The molecule has 1 aromatic carbocycles. The number of anilines is 1. The predicted octanol–water partition coefficient (Wildman–Crippen LogP) is 2.46. The van der Waals surface area contributed by atoms with Gasteiger partial charge in [0.25, 0.3) is 0 Å². The molecule has 1 saturated heterocycles. The van der Waals surface area contributed by atoms with Crippen molar-refractivity contribution in [2.24, 2.45) is 5.41 Å². The minimum Gasteiger partial charge on any atom is -0.481 e. The molecular weight excluding hydrogens is 306 g/mol. The predicted molar refractivity (Wildman–Crippen MR) is 90.9 cm³/mol. The Morgan fingerprint density at radius 3 is 2.46 bits per heavy atom. The molecule has 0 saturated carbocycles. The van der Waals surface area contributed by atoms with Crippen LogP contribution in [-0.4, -0.2) is 47.8 Å². The van der Waals surface area contributed by atoms with E-state index in [1.165, 1.54) is 0 Å². The minimum atomic E-state index is -0.789. The van der Waals surface area contributed by atoms with Crippen molar-refractivity contribution >= 4 is 11.8 Å². The first-order valence-electron chi connectivity index (χ1n) is 7.99. The van der Waals surface area contributed by atoms with Gasteiger partial charge in [0.1, 0.15) is 5.82 Å². The van der Waals surface area contributed by atoms with Gasteiger partial charge in [-0.1, -0.05) is 30.3 Å². The number of carboxylic acid groups (broad SMARTS) is 1. The molecule has 0 bridgehead atoms. The number of aromatic nitrogens is 2. The largest absolute Gasteiger partial charge is 0.481 e. The number of ether oxygens (including phenoxy) is 1. The van der Waals surface area contributed by atoms with Gasteiger partial charge in [0.2, 0.25) is 0 Å². The van der Waals surface area contributed by atoms with Gasteiger partial charge in [0.15, 0.2) is 0 Å². The van der Waals surface area contributed by atoms with E-state index in [0.717, 1.165) is 17.1 Å². The van der Waals surface area contributed by atoms with E-state index in [1.54, 1.807) is 19.5 Å². The lowest BCUT2D eigenvalue weighted by molar-refractivity contribution is -0.154. The molecule has 1 aliphatic rings. The van der Waals surface area contributed by atoms with Crippen molar-refractivity contribution in [3.05, 3.63) is 42.7 Å². The SMILES string of the molecule is COCC1(C(=O)O)CCN(c2cnc(-c3ccccc3)cn2)CC1. The first-order valence-corrected chi connectivity index (χ1v) is 7.99. The van der Waals surface area contributed by atoms with E-state index in [0.29, 0.717) is 25.9 Å². The highest BCUT2D eigenvalue weighted by atomic mass is 16.5. The van der Waals surface area contributed by atoms with E-state index in [2.05, 4.69) is 14.9 Å². The smallest absolute Gasteiger partial charge is 0.312 e. The molecule has 0 unspecified atom stereocenters. The summed E-state index contributed by atoms with van der Waals surface area (Å²) in [6, 6.07) is 9.90. The fourth-order valence-corrected chi connectivity index (χ4v) is 3.10. The Labute approximate surface area is 141 Å². The summed E-state index contributed by atoms with van der Waals surface area (Å²) >= 11 is 0. The summed E-state index contributed by atoms with van der Waals surface area (Å²) in [5.74, 6) is 0.000552. The molecule has 0 aliphatic carbocycles. The van der Waals surface area contributed by atoms with Crippen LogP contribution in [0.1, 0.15) is 12.8 Å². The Morgan fingerprint density at radius 2 is 1.92 bits per heavy atom. The van der Waals surface area contributed by atoms with Crippen molar-refractivity contribution in [1.29, 1.82) is 0 Å². The second kappa shape index (κ2) is 6.97. The Hall–Kier alpha value is -2.47. The highest BCUT2D eigenvalue weighted by Gasteiger charge is 2.41. The number of nitrogens with zero attached hydrogens (tertiary/aromatic N) is 3. The van der Waals surface area contributed by atoms with Crippen LogP contribution in [0.25, 0.3) is 11.3 Å². The summed E-state index contributed by atoms with van der Waals surface area (Å²) < 4.78 is 5.12. The average Bonchev–Trinajstić information content (AvgIpc) is 2.63. The minimum absolute atomic E-state index is 0.245. The molecule has 0 amide bonds. The van der Waals surface area contributed by atoms with Crippen LogP contribution in [-0.2, 0) is 9.53 Å². The molecule has 24 heavy (non-hydrogen) atoms. The summed E-state index contributed by atoms with van der Waals surface area (Å²) in [5.41, 5.74) is 1.07. The molecule has 126 valence electrons. The van der Waals surface area contributed by atoms with Crippen LogP contribution in [0, 0.1) is 5.41 Å². The standard InChI is InChI=1S/C18H21N3O3/c1-24-13-18(17(22)23)7-9-21(10-8-18)16-12-19-15(11-20-16)14-5-3-2-4-6-14/h2-6,11-12H,7-10,13H2,1H3,(H,22,23). The van der Waals surface area contributed by atoms with Crippen LogP contribution < -0.4 is 4.90 Å². The maximum atomic E-state index is 11.6. The maximum absolute atomic E-state index is 11.6. The van der Waals surface area contributed by atoms with Crippen LogP contribution in [0.3, 0.4) is 0 Å². The number of hydrogen-bond donors (Lipinski definition) is 1. The highest BCUT2D eigenvalue weighted by molar-refractivity contribution is 5.75. The lowest BCUT2D eigenvalue weighted by Gasteiger charge is -2.38. The van der Waals surface area contributed by atoms with Crippen molar-refractivity contribution in [2.45, 2.75) is 12.8 Å². The van der Waals surface area contributed by atoms with E-state index in [-0.39, 0.29) is 6.61 Å². The van der Waals surface area contributed by atoms with Crippen molar-refractivity contribution in [3.63, 3.8) is 0 Å². The first kappa shape index (κ1) is 16.4. The summed E-state index contributed by atoms with van der Waals surface area (Å²) in [6.45, 7) is 1.51. The number of carbonyl (C=O) groups is 1. The maximum Gasteiger partial charge on any atom is 0.312 e. The van der Waals surface area contributed by atoms with Gasteiger partial charge in [-0.2, -0.15) is 0 Å². The molecule has 6 heteroatoms. The highest BCUT2D eigenvalue weighted by Crippen LogP contribution is 2.33. The monoisotopic (exact) mass is 327 g/mol. The van der Waals surface area contributed by atoms with Gasteiger partial charge in [0, 0.05) is 25.8 Å². The Morgan fingerprint density at radius 1 is 1.21 bits per heavy atom. The summed E-state index contributed by atoms with van der Waals surface area (Å²) in [5, 5.41) is 9.51. The summed E-state index contributed by atoms with van der Waals surface area (Å²) in [6.07, 6.45) is 4.60. The van der Waals surface area contributed by atoms with Crippen molar-refractivity contribution in [1.82, 2.24) is 9.97 Å². The zero-order valence-electron chi connectivity index (χ0n) is 13.7. The van der Waals surface area contributed by atoms with E-state index in [9.17, 15) is 9.90 Å². The molecule has 1 N–H and O–H groups in total. The molecule has 0 atom stereocenters. The molecular formula is C18H21N3O3. The number of aliphatic carboxylic acids is 1. The molecule has 1 fully saturated rings. The van der Waals surface area contributed by atoms with Crippen molar-refractivity contribution < 1.29 is 14.6 Å². The first-order chi connectivity index (χ1) is 11.6. The third-order valence-corrected chi connectivity index (χ3v) is 4.63. The molecule has 0 radical (unpaired) electrons. The van der Waals surface area contributed by atoms with Crippen LogP contribution >= 0.6 is 0 Å². The van der Waals surface area contributed by atoms with Crippen LogP contribution in [0.15, 0.2) is 42.7 Å². The van der Waals surface area contributed by atoms with Gasteiger partial charge < -0.3 is 14.7 Å². The number of rotatable bonds is 5. The second-order valence-electron chi connectivity index (χ2n) is 6.13. The topological polar surface area (TPSA) is 75.6 Å². The summed E-state index contributed by atoms with van der Waals surface area (Å²) in [7, 11) is 1.55. The van der Waals surface area contributed by atoms with Crippen molar-refractivity contribution in [2.75, 3.05) is 31.7 Å². The molecule has 1 aromatic heterocycles. The average molecular weight is 327 g/mol. The van der Waals surface area contributed by atoms with Gasteiger partial charge in [-0.25, -0.2) is 4.98 Å². The third kappa shape index (κ3) is 3.23. The second-order valence-corrected chi connectivity index (χ2v) is 6.13. The number of methoxy groups -OCH3 is 1. The molecule has 2 heterocycles. The zero-order chi connectivity index (χ0) is 17.0. The normalized spacial score (nSPS) is 16.8. The number of hydrogen-bond acceptors (Lipinski definition) is 5. The molecule has 2 aromatic rings. The lowest BCUT2D eigenvalue weighted by atomic mass is 9.79. The number of piperidine rings is 1. The van der Waals surface area contributed by atoms with Gasteiger partial charge in [-0.05, 0) is 12.8 Å². The Kier molecular flexibility index (Phi) is 4.76. The van der Waals surface area contributed by atoms with Crippen LogP contribution in [0.2, 0.25) is 0 Å². The molecule has 6 nitrogen and oxygen atoms in total. The van der Waals surface area contributed by atoms with Crippen LogP contribution in [0.4, 0.5) is 5.82 Å². The quantitative estimate of drug-likeness (QED) is 0.909. The fourth-order valence-electron chi connectivity index (χ4n) is 3.10. The Bertz CT molecular complexity index is 680. The zero-order valence-corrected chi connectivity index (χ0v) is 13.7. The van der Waals surface area contributed by atoms with Gasteiger partial charge in [-0.15, -0.1) is 0 Å². The van der Waals surface area contributed by atoms with Gasteiger partial charge >= 0.3 is 5.97 Å². The van der Waals surface area contributed by atoms with Crippen molar-refractivity contribution in [3.8, 4) is 11.3 Å². The number of benzene rings is 1.